The Hall–Kier alpha value is -1.02. The molecule has 1 rings (SSSR count). The highest BCUT2D eigenvalue weighted by molar-refractivity contribution is 5.37. The van der Waals surface area contributed by atoms with E-state index in [0.29, 0.717) is 12.0 Å². The molecule has 0 bridgehead atoms. The first-order valence-corrected chi connectivity index (χ1v) is 7.65. The van der Waals surface area contributed by atoms with Gasteiger partial charge in [0.15, 0.2) is 0 Å². The van der Waals surface area contributed by atoms with Gasteiger partial charge in [0.25, 0.3) is 0 Å². The van der Waals surface area contributed by atoms with Crippen LogP contribution in [0.15, 0.2) is 18.2 Å². The van der Waals surface area contributed by atoms with Crippen molar-refractivity contribution in [3.63, 3.8) is 0 Å². The summed E-state index contributed by atoms with van der Waals surface area (Å²) < 4.78 is 5.53. The summed E-state index contributed by atoms with van der Waals surface area (Å²) in [6, 6.07) is 6.98. The molecule has 0 aliphatic carbocycles. The Balaban J connectivity index is 2.98. The molecule has 0 saturated heterocycles. The van der Waals surface area contributed by atoms with Crippen LogP contribution in [0.1, 0.15) is 45.7 Å². The summed E-state index contributed by atoms with van der Waals surface area (Å²) in [5.74, 6) is 1.62. The van der Waals surface area contributed by atoms with Crippen LogP contribution in [0.5, 0.6) is 5.75 Å². The average Bonchev–Trinajstić information content (AvgIpc) is 2.36. The van der Waals surface area contributed by atoms with Gasteiger partial charge >= 0.3 is 0 Å². The predicted octanol–water partition coefficient (Wildman–Crippen LogP) is 4.21. The number of ether oxygens (including phenoxy) is 1. The lowest BCUT2D eigenvalue weighted by Gasteiger charge is -2.35. The molecule has 20 heavy (non-hydrogen) atoms. The van der Waals surface area contributed by atoms with Crippen molar-refractivity contribution in [2.24, 2.45) is 11.3 Å². The molecule has 0 amide bonds. The molecular weight excluding hydrogens is 246 g/mol. The minimum Gasteiger partial charge on any atom is -0.496 e. The third-order valence-electron chi connectivity index (χ3n) is 4.34. The number of benzene rings is 1. The van der Waals surface area contributed by atoms with Crippen LogP contribution in [-0.2, 0) is 6.42 Å². The molecule has 0 aromatic heterocycles. The van der Waals surface area contributed by atoms with Crippen molar-refractivity contribution >= 4 is 0 Å². The number of rotatable bonds is 7. The van der Waals surface area contributed by atoms with Gasteiger partial charge in [-0.15, -0.1) is 0 Å². The molecule has 2 nitrogen and oxygen atoms in total. The average molecular weight is 277 g/mol. The van der Waals surface area contributed by atoms with Crippen LogP contribution < -0.4 is 10.1 Å². The molecule has 0 spiro atoms. The minimum atomic E-state index is 0.228. The Morgan fingerprint density at radius 1 is 1.20 bits per heavy atom. The normalized spacial score (nSPS) is 14.7. The van der Waals surface area contributed by atoms with Gasteiger partial charge in [-0.1, -0.05) is 52.3 Å². The second-order valence-electron chi connectivity index (χ2n) is 6.84. The van der Waals surface area contributed by atoms with Crippen molar-refractivity contribution in [1.29, 1.82) is 0 Å². The summed E-state index contributed by atoms with van der Waals surface area (Å²) in [5.41, 5.74) is 2.84. The lowest BCUT2D eigenvalue weighted by atomic mass is 9.74. The van der Waals surface area contributed by atoms with E-state index in [0.717, 1.165) is 18.7 Å². The predicted molar refractivity (Wildman–Crippen MR) is 87.5 cm³/mol. The van der Waals surface area contributed by atoms with Gasteiger partial charge < -0.3 is 10.1 Å². The summed E-state index contributed by atoms with van der Waals surface area (Å²) in [4.78, 5) is 0. The molecule has 1 atom stereocenters. The van der Waals surface area contributed by atoms with Crippen molar-refractivity contribution in [2.45, 2.75) is 54.0 Å². The van der Waals surface area contributed by atoms with E-state index in [9.17, 15) is 0 Å². The Kier molecular flexibility index (Phi) is 6.07. The third-order valence-corrected chi connectivity index (χ3v) is 4.34. The highest BCUT2D eigenvalue weighted by Gasteiger charge is 2.29. The number of aryl methyl sites for hydroxylation is 1. The van der Waals surface area contributed by atoms with Crippen molar-refractivity contribution in [3.05, 3.63) is 29.3 Å². The van der Waals surface area contributed by atoms with Crippen molar-refractivity contribution in [3.8, 4) is 5.75 Å². The quantitative estimate of drug-likeness (QED) is 0.806. The highest BCUT2D eigenvalue weighted by atomic mass is 16.5. The smallest absolute Gasteiger partial charge is 0.122 e. The molecule has 0 fully saturated rings. The lowest BCUT2D eigenvalue weighted by molar-refractivity contribution is 0.200. The molecule has 0 aliphatic heterocycles. The number of hydrogen-bond acceptors (Lipinski definition) is 2. The zero-order valence-corrected chi connectivity index (χ0v) is 14.2. The number of hydrogen-bond donors (Lipinski definition) is 1. The maximum Gasteiger partial charge on any atom is 0.122 e. The maximum absolute atomic E-state index is 5.53. The molecule has 0 saturated carbocycles. The van der Waals surface area contributed by atoms with Crippen LogP contribution in [-0.4, -0.2) is 19.7 Å². The van der Waals surface area contributed by atoms with Crippen LogP contribution in [0.2, 0.25) is 0 Å². The van der Waals surface area contributed by atoms with Gasteiger partial charge in [0.2, 0.25) is 0 Å². The molecule has 1 aromatic carbocycles. The fourth-order valence-electron chi connectivity index (χ4n) is 2.39. The largest absolute Gasteiger partial charge is 0.496 e. The van der Waals surface area contributed by atoms with Crippen LogP contribution in [0.25, 0.3) is 0 Å². The Morgan fingerprint density at radius 3 is 2.35 bits per heavy atom. The van der Waals surface area contributed by atoms with Gasteiger partial charge in [-0.25, -0.2) is 0 Å². The summed E-state index contributed by atoms with van der Waals surface area (Å²) in [7, 11) is 1.76. The summed E-state index contributed by atoms with van der Waals surface area (Å²) in [6.07, 6.45) is 1.04. The standard InChI is InChI=1S/C18H31NO/c1-13(2)18(6,12-19-14(3)4)11-16-10-15(5)8-9-17(16)20-7/h8-10,13-14,19H,11-12H2,1-7H3. The highest BCUT2D eigenvalue weighted by Crippen LogP contribution is 2.34. The second-order valence-corrected chi connectivity index (χ2v) is 6.84. The van der Waals surface area contributed by atoms with Gasteiger partial charge in [-0.2, -0.15) is 0 Å². The van der Waals surface area contributed by atoms with Crippen LogP contribution in [0.4, 0.5) is 0 Å². The molecule has 1 unspecified atom stereocenters. The third kappa shape index (κ3) is 4.52. The van der Waals surface area contributed by atoms with Crippen LogP contribution >= 0.6 is 0 Å². The van der Waals surface area contributed by atoms with Gasteiger partial charge in [0, 0.05) is 12.6 Å². The summed E-state index contributed by atoms with van der Waals surface area (Å²) in [5, 5.41) is 3.60. The van der Waals surface area contributed by atoms with Gasteiger partial charge in [-0.05, 0) is 36.3 Å². The summed E-state index contributed by atoms with van der Waals surface area (Å²) >= 11 is 0. The first kappa shape index (κ1) is 17.0. The molecule has 1 N–H and O–H groups in total. The fourth-order valence-corrected chi connectivity index (χ4v) is 2.39. The van der Waals surface area contributed by atoms with E-state index in [1.807, 2.05) is 0 Å². The van der Waals surface area contributed by atoms with E-state index in [1.54, 1.807) is 7.11 Å². The van der Waals surface area contributed by atoms with E-state index >= 15 is 0 Å². The first-order chi connectivity index (χ1) is 9.28. The molecule has 0 aliphatic rings. The minimum absolute atomic E-state index is 0.228. The van der Waals surface area contributed by atoms with Crippen LogP contribution in [0, 0.1) is 18.3 Å². The lowest BCUT2D eigenvalue weighted by Crippen LogP contribution is -2.40. The SMILES string of the molecule is COc1ccc(C)cc1CC(C)(CNC(C)C)C(C)C. The molecule has 114 valence electrons. The Bertz CT molecular complexity index is 425. The summed E-state index contributed by atoms with van der Waals surface area (Å²) in [6.45, 7) is 14.6. The van der Waals surface area contributed by atoms with E-state index in [4.69, 9.17) is 4.74 Å². The molecular formula is C18H31NO. The zero-order chi connectivity index (χ0) is 15.3. The Labute approximate surface area is 124 Å². The topological polar surface area (TPSA) is 21.3 Å². The molecule has 0 heterocycles. The fraction of sp³-hybridized carbons (Fsp3) is 0.667. The van der Waals surface area contributed by atoms with Crippen LogP contribution in [0.3, 0.4) is 0 Å². The van der Waals surface area contributed by atoms with Gasteiger partial charge in [0.1, 0.15) is 5.75 Å². The Morgan fingerprint density at radius 2 is 1.85 bits per heavy atom. The molecule has 2 heteroatoms. The first-order valence-electron chi connectivity index (χ1n) is 7.65. The van der Waals surface area contributed by atoms with E-state index in [-0.39, 0.29) is 5.41 Å². The van der Waals surface area contributed by atoms with Gasteiger partial charge in [-0.3, -0.25) is 0 Å². The zero-order valence-electron chi connectivity index (χ0n) is 14.2. The molecule has 1 aromatic rings. The van der Waals surface area contributed by atoms with Crippen molar-refractivity contribution < 1.29 is 4.74 Å². The van der Waals surface area contributed by atoms with E-state index in [2.05, 4.69) is 65.1 Å². The number of nitrogens with one attached hydrogen (secondary N) is 1. The maximum atomic E-state index is 5.53. The van der Waals surface area contributed by atoms with Crippen molar-refractivity contribution in [2.75, 3.05) is 13.7 Å². The second kappa shape index (κ2) is 7.12. The monoisotopic (exact) mass is 277 g/mol. The van der Waals surface area contributed by atoms with E-state index < -0.39 is 0 Å². The number of methoxy groups -OCH3 is 1. The molecule has 0 radical (unpaired) electrons. The van der Waals surface area contributed by atoms with Gasteiger partial charge in [0.05, 0.1) is 7.11 Å². The van der Waals surface area contributed by atoms with E-state index in [1.165, 1.54) is 11.1 Å². The van der Waals surface area contributed by atoms with Crippen molar-refractivity contribution in [1.82, 2.24) is 5.32 Å².